The lowest BCUT2D eigenvalue weighted by atomic mass is 10.1. The Balaban J connectivity index is 4.33. The third kappa shape index (κ3) is 55.4. The van der Waals surface area contributed by atoms with Crippen LogP contribution < -0.4 is 0 Å². The Hall–Kier alpha value is -3.18. The topological polar surface area (TPSA) is 61.8 Å². The summed E-state index contributed by atoms with van der Waals surface area (Å²) in [5.41, 5.74) is 0. The quantitative estimate of drug-likeness (QED) is 0.0345. The van der Waals surface area contributed by atoms with Crippen molar-refractivity contribution in [3.63, 3.8) is 0 Å². The second kappa shape index (κ2) is 58.1. The first-order valence-corrected chi connectivity index (χ1v) is 28.8. The lowest BCUT2D eigenvalue weighted by Crippen LogP contribution is -2.30. The van der Waals surface area contributed by atoms with Crippen LogP contribution in [0.5, 0.6) is 0 Å². The van der Waals surface area contributed by atoms with Crippen LogP contribution in [-0.4, -0.2) is 37.9 Å². The summed E-state index contributed by atoms with van der Waals surface area (Å²) in [6.45, 7) is 7.59. The van der Waals surface area contributed by atoms with E-state index in [1.807, 2.05) is 6.08 Å². The summed E-state index contributed by atoms with van der Waals surface area (Å²) in [7, 11) is 0. The van der Waals surface area contributed by atoms with Gasteiger partial charge in [-0.3, -0.25) is 9.59 Å². The highest BCUT2D eigenvalue weighted by Gasteiger charge is 2.17. The van der Waals surface area contributed by atoms with Crippen molar-refractivity contribution in [2.75, 3.05) is 19.8 Å². The highest BCUT2D eigenvalue weighted by atomic mass is 16.6. The summed E-state index contributed by atoms with van der Waals surface area (Å²) >= 11 is 0. The molecule has 68 heavy (non-hydrogen) atoms. The van der Waals surface area contributed by atoms with Crippen molar-refractivity contribution in [3.05, 3.63) is 97.2 Å². The maximum atomic E-state index is 12.8. The first kappa shape index (κ1) is 64.8. The minimum atomic E-state index is -0.586. The average Bonchev–Trinajstić information content (AvgIpc) is 3.34. The molecule has 0 spiro atoms. The first-order valence-electron chi connectivity index (χ1n) is 28.8. The normalized spacial score (nSPS) is 12.9. The predicted octanol–water partition coefficient (Wildman–Crippen LogP) is 19.8. The number of ether oxygens (including phenoxy) is 3. The van der Waals surface area contributed by atoms with Gasteiger partial charge in [0, 0.05) is 19.4 Å². The molecule has 0 N–H and O–H groups in total. The predicted molar refractivity (Wildman–Crippen MR) is 297 cm³/mol. The standard InChI is InChI=1S/C63H108O5/c1-4-7-10-13-16-19-22-25-27-29-31-33-35-37-40-43-46-49-52-55-58-66-59-61(68-63(65)57-54-51-48-45-42-38-24-21-18-15-12-9-6-3)60-67-62(64)56-53-50-47-44-41-39-36-34-32-30-28-26-23-20-17-14-11-8-5-2/h9,12,16,18-19,21,25-28,31,33,38,42,48,51,61H,4-8,10-11,13-15,17,20,22-24,29-30,32,34-37,39-41,43-47,49-50,52-60H2,1-3H3/b12-9-,19-16-,21-18-,27-25-,28-26-,33-31-,42-38-,51-48-. The van der Waals surface area contributed by atoms with E-state index in [0.29, 0.717) is 25.9 Å². The minimum Gasteiger partial charge on any atom is -0.462 e. The first-order chi connectivity index (χ1) is 33.6. The molecule has 5 heteroatoms. The molecule has 0 aromatic carbocycles. The number of allylic oxidation sites excluding steroid dienone is 16. The molecular formula is C63H108O5. The van der Waals surface area contributed by atoms with Gasteiger partial charge in [-0.05, 0) is 109 Å². The molecular weight excluding hydrogens is 837 g/mol. The molecule has 0 aliphatic heterocycles. The van der Waals surface area contributed by atoms with E-state index in [-0.39, 0.29) is 25.2 Å². The zero-order valence-electron chi connectivity index (χ0n) is 44.8. The summed E-state index contributed by atoms with van der Waals surface area (Å²) in [5, 5.41) is 0. The van der Waals surface area contributed by atoms with Gasteiger partial charge in [0.05, 0.1) is 6.61 Å². The lowest BCUT2D eigenvalue weighted by molar-refractivity contribution is -0.162. The fourth-order valence-electron chi connectivity index (χ4n) is 7.82. The van der Waals surface area contributed by atoms with Crippen LogP contribution in [0.1, 0.15) is 265 Å². The average molecular weight is 946 g/mol. The van der Waals surface area contributed by atoms with E-state index in [2.05, 4.69) is 112 Å². The van der Waals surface area contributed by atoms with Crippen LogP contribution in [0.2, 0.25) is 0 Å². The van der Waals surface area contributed by atoms with E-state index in [9.17, 15) is 9.59 Å². The maximum absolute atomic E-state index is 12.8. The summed E-state index contributed by atoms with van der Waals surface area (Å²) in [5.74, 6) is -0.497. The van der Waals surface area contributed by atoms with Gasteiger partial charge in [0.15, 0.2) is 6.10 Å². The smallest absolute Gasteiger partial charge is 0.306 e. The van der Waals surface area contributed by atoms with Crippen LogP contribution in [0, 0.1) is 0 Å². The summed E-state index contributed by atoms with van der Waals surface area (Å²) < 4.78 is 17.4. The van der Waals surface area contributed by atoms with Crippen molar-refractivity contribution in [2.24, 2.45) is 0 Å². The molecule has 0 aliphatic rings. The molecule has 1 atom stereocenters. The molecule has 5 nitrogen and oxygen atoms in total. The molecule has 0 radical (unpaired) electrons. The zero-order chi connectivity index (χ0) is 49.2. The van der Waals surface area contributed by atoms with Gasteiger partial charge >= 0.3 is 11.9 Å². The summed E-state index contributed by atoms with van der Waals surface area (Å²) in [6.07, 6.45) is 78.7. The van der Waals surface area contributed by atoms with Gasteiger partial charge in [-0.25, -0.2) is 0 Å². The number of carbonyl (C=O) groups excluding carboxylic acids is 2. The van der Waals surface area contributed by atoms with Crippen molar-refractivity contribution < 1.29 is 23.8 Å². The highest BCUT2D eigenvalue weighted by Crippen LogP contribution is 2.14. The monoisotopic (exact) mass is 945 g/mol. The number of carbonyl (C=O) groups is 2. The molecule has 0 rings (SSSR count). The van der Waals surface area contributed by atoms with Gasteiger partial charge in [0.25, 0.3) is 0 Å². The molecule has 0 saturated heterocycles. The Morgan fingerprint density at radius 3 is 1.16 bits per heavy atom. The molecule has 0 amide bonds. The third-order valence-corrected chi connectivity index (χ3v) is 12.1. The van der Waals surface area contributed by atoms with Crippen LogP contribution in [0.3, 0.4) is 0 Å². The molecule has 0 fully saturated rings. The van der Waals surface area contributed by atoms with Crippen molar-refractivity contribution in [3.8, 4) is 0 Å². The molecule has 0 aromatic heterocycles. The Kier molecular flexibility index (Phi) is 55.4. The SMILES string of the molecule is CC/C=C\C/C=C\C/C=C\C/C=C\CCC(=O)OC(COCCCCCCCCC/C=C\C/C=C\C/C=C\CCCCC)COC(=O)CCCCCCCCCCC/C=C\CCCCCCCC. The molecule has 0 saturated carbocycles. The van der Waals surface area contributed by atoms with E-state index in [0.717, 1.165) is 70.6 Å². The fraction of sp³-hybridized carbons (Fsp3) is 0.714. The van der Waals surface area contributed by atoms with Crippen molar-refractivity contribution in [2.45, 2.75) is 271 Å². The van der Waals surface area contributed by atoms with Gasteiger partial charge in [-0.15, -0.1) is 0 Å². The van der Waals surface area contributed by atoms with Crippen LogP contribution in [0.15, 0.2) is 97.2 Å². The van der Waals surface area contributed by atoms with E-state index < -0.39 is 6.10 Å². The summed E-state index contributed by atoms with van der Waals surface area (Å²) in [6, 6.07) is 0. The Morgan fingerprint density at radius 2 is 0.691 bits per heavy atom. The van der Waals surface area contributed by atoms with E-state index >= 15 is 0 Å². The van der Waals surface area contributed by atoms with Crippen LogP contribution in [0.4, 0.5) is 0 Å². The second-order valence-electron chi connectivity index (χ2n) is 18.8. The molecule has 0 heterocycles. The van der Waals surface area contributed by atoms with Gasteiger partial charge in [0.2, 0.25) is 0 Å². The lowest BCUT2D eigenvalue weighted by Gasteiger charge is -2.18. The van der Waals surface area contributed by atoms with Crippen molar-refractivity contribution in [1.82, 2.24) is 0 Å². The number of esters is 2. The zero-order valence-corrected chi connectivity index (χ0v) is 44.8. The fourth-order valence-corrected chi connectivity index (χ4v) is 7.82. The summed E-state index contributed by atoms with van der Waals surface area (Å²) in [4.78, 5) is 25.5. The van der Waals surface area contributed by atoms with Gasteiger partial charge in [-0.1, -0.05) is 240 Å². The largest absolute Gasteiger partial charge is 0.462 e. The van der Waals surface area contributed by atoms with E-state index in [4.69, 9.17) is 14.2 Å². The van der Waals surface area contributed by atoms with Crippen LogP contribution >= 0.6 is 0 Å². The van der Waals surface area contributed by atoms with Gasteiger partial charge in [-0.2, -0.15) is 0 Å². The molecule has 0 aliphatic carbocycles. The van der Waals surface area contributed by atoms with Crippen molar-refractivity contribution in [1.29, 1.82) is 0 Å². The maximum Gasteiger partial charge on any atom is 0.306 e. The molecule has 0 aromatic rings. The highest BCUT2D eigenvalue weighted by molar-refractivity contribution is 5.70. The third-order valence-electron chi connectivity index (χ3n) is 12.1. The number of hydrogen-bond donors (Lipinski definition) is 0. The van der Waals surface area contributed by atoms with Gasteiger partial charge in [0.1, 0.15) is 6.61 Å². The van der Waals surface area contributed by atoms with Crippen molar-refractivity contribution >= 4 is 11.9 Å². The Labute approximate surface area is 422 Å². The van der Waals surface area contributed by atoms with E-state index in [1.54, 1.807) is 0 Å². The molecule has 1 unspecified atom stereocenters. The molecule has 0 bridgehead atoms. The minimum absolute atomic E-state index is 0.0478. The van der Waals surface area contributed by atoms with E-state index in [1.165, 1.54) is 154 Å². The Morgan fingerprint density at radius 1 is 0.338 bits per heavy atom. The number of unbranched alkanes of at least 4 members (excludes halogenated alkanes) is 25. The van der Waals surface area contributed by atoms with Gasteiger partial charge < -0.3 is 14.2 Å². The molecule has 390 valence electrons. The number of hydrogen-bond acceptors (Lipinski definition) is 5. The van der Waals surface area contributed by atoms with Crippen LogP contribution in [-0.2, 0) is 23.8 Å². The Bertz CT molecular complexity index is 1300. The second-order valence-corrected chi connectivity index (χ2v) is 18.8. The van der Waals surface area contributed by atoms with Crippen LogP contribution in [0.25, 0.3) is 0 Å². The number of rotatable bonds is 52.